The third kappa shape index (κ3) is 8.53. The number of nitrogens with zero attached hydrogens (tertiary/aromatic N) is 2. The van der Waals surface area contributed by atoms with Crippen molar-refractivity contribution in [3.05, 3.63) is 29.8 Å². The van der Waals surface area contributed by atoms with Crippen molar-refractivity contribution in [1.29, 1.82) is 0 Å². The van der Waals surface area contributed by atoms with Crippen LogP contribution in [-0.4, -0.2) is 64.4 Å². The molecule has 1 aliphatic rings. The standard InChI is InChI=1S/C21H36N4O2.HI/c1-17(2)16-27-14-11-23-21(22-3)24-15-20(25-12-5-6-13-25)18-7-9-19(26-4)10-8-18;/h7-10,17,20H,5-6,11-16H2,1-4H3,(H2,22,23,24);1H. The number of halogens is 1. The van der Waals surface area contributed by atoms with E-state index in [1.807, 2.05) is 19.2 Å². The van der Waals surface area contributed by atoms with Gasteiger partial charge in [-0.15, -0.1) is 24.0 Å². The molecule has 1 saturated heterocycles. The highest BCUT2D eigenvalue weighted by Crippen LogP contribution is 2.26. The topological polar surface area (TPSA) is 58.1 Å². The molecular formula is C21H37IN4O2. The van der Waals surface area contributed by atoms with E-state index in [0.717, 1.165) is 44.5 Å². The Morgan fingerprint density at radius 3 is 2.39 bits per heavy atom. The van der Waals surface area contributed by atoms with Crippen LogP contribution in [0.1, 0.15) is 38.3 Å². The van der Waals surface area contributed by atoms with Crippen LogP contribution in [0.15, 0.2) is 29.3 Å². The first kappa shape index (κ1) is 25.0. The van der Waals surface area contributed by atoms with Gasteiger partial charge in [0.25, 0.3) is 0 Å². The predicted molar refractivity (Wildman–Crippen MR) is 127 cm³/mol. The van der Waals surface area contributed by atoms with Crippen molar-refractivity contribution in [2.75, 3.05) is 53.6 Å². The molecule has 0 amide bonds. The van der Waals surface area contributed by atoms with Gasteiger partial charge in [0.1, 0.15) is 5.75 Å². The van der Waals surface area contributed by atoms with Crippen LogP contribution in [0.4, 0.5) is 0 Å². The molecule has 0 radical (unpaired) electrons. The molecule has 0 aromatic heterocycles. The lowest BCUT2D eigenvalue weighted by Gasteiger charge is -2.29. The summed E-state index contributed by atoms with van der Waals surface area (Å²) in [7, 11) is 3.51. The number of hydrogen-bond donors (Lipinski definition) is 2. The van der Waals surface area contributed by atoms with Crippen LogP contribution in [0.3, 0.4) is 0 Å². The molecule has 160 valence electrons. The predicted octanol–water partition coefficient (Wildman–Crippen LogP) is 3.29. The fourth-order valence-corrected chi connectivity index (χ4v) is 3.31. The van der Waals surface area contributed by atoms with Crippen molar-refractivity contribution in [3.8, 4) is 5.75 Å². The summed E-state index contributed by atoms with van der Waals surface area (Å²) in [6.07, 6.45) is 2.54. The van der Waals surface area contributed by atoms with Gasteiger partial charge in [0, 0.05) is 26.7 Å². The van der Waals surface area contributed by atoms with Crippen molar-refractivity contribution >= 4 is 29.9 Å². The molecule has 2 N–H and O–H groups in total. The van der Waals surface area contributed by atoms with Gasteiger partial charge in [-0.2, -0.15) is 0 Å². The zero-order valence-corrected chi connectivity index (χ0v) is 20.1. The second kappa shape index (κ2) is 14.0. The Hall–Kier alpha value is -1.06. The molecule has 7 heteroatoms. The maximum atomic E-state index is 5.62. The SMILES string of the molecule is CN=C(NCCOCC(C)C)NCC(c1ccc(OC)cc1)N1CCCC1.I. The molecule has 28 heavy (non-hydrogen) atoms. The maximum absolute atomic E-state index is 5.62. The first-order chi connectivity index (χ1) is 13.1. The van der Waals surface area contributed by atoms with Gasteiger partial charge in [0.15, 0.2) is 5.96 Å². The quantitative estimate of drug-likeness (QED) is 0.222. The van der Waals surface area contributed by atoms with Crippen LogP contribution >= 0.6 is 24.0 Å². The first-order valence-corrected chi connectivity index (χ1v) is 10.0. The molecule has 0 spiro atoms. The Labute approximate surface area is 187 Å². The molecule has 0 saturated carbocycles. The summed E-state index contributed by atoms with van der Waals surface area (Å²) in [5.41, 5.74) is 1.31. The fraction of sp³-hybridized carbons (Fsp3) is 0.667. The second-order valence-electron chi connectivity index (χ2n) is 7.38. The number of methoxy groups -OCH3 is 1. The summed E-state index contributed by atoms with van der Waals surface area (Å²) in [5.74, 6) is 2.28. The third-order valence-electron chi connectivity index (χ3n) is 4.76. The van der Waals surface area contributed by atoms with Crippen molar-refractivity contribution in [1.82, 2.24) is 15.5 Å². The molecule has 6 nitrogen and oxygen atoms in total. The van der Waals surface area contributed by atoms with Gasteiger partial charge in [-0.05, 0) is 49.5 Å². The van der Waals surface area contributed by atoms with Gasteiger partial charge in [-0.3, -0.25) is 9.89 Å². The molecule has 1 heterocycles. The van der Waals surface area contributed by atoms with E-state index < -0.39 is 0 Å². The fourth-order valence-electron chi connectivity index (χ4n) is 3.31. The second-order valence-corrected chi connectivity index (χ2v) is 7.38. The lowest BCUT2D eigenvalue weighted by Crippen LogP contribution is -2.43. The summed E-state index contributed by atoms with van der Waals surface area (Å²) in [5, 5.41) is 6.82. The molecule has 0 bridgehead atoms. The average Bonchev–Trinajstić information content (AvgIpc) is 3.21. The number of rotatable bonds is 10. The minimum absolute atomic E-state index is 0. The third-order valence-corrected chi connectivity index (χ3v) is 4.76. The lowest BCUT2D eigenvalue weighted by atomic mass is 10.1. The number of likely N-dealkylation sites (tertiary alicyclic amines) is 1. The molecule has 2 rings (SSSR count). The number of guanidine groups is 1. The zero-order valence-electron chi connectivity index (χ0n) is 17.7. The highest BCUT2D eigenvalue weighted by Gasteiger charge is 2.23. The molecule has 1 unspecified atom stereocenters. The van der Waals surface area contributed by atoms with Crippen LogP contribution in [0.25, 0.3) is 0 Å². The van der Waals surface area contributed by atoms with Crippen molar-refractivity contribution < 1.29 is 9.47 Å². The zero-order chi connectivity index (χ0) is 19.5. The van der Waals surface area contributed by atoms with E-state index in [9.17, 15) is 0 Å². The normalized spacial score (nSPS) is 16.0. The van der Waals surface area contributed by atoms with E-state index >= 15 is 0 Å². The highest BCUT2D eigenvalue weighted by molar-refractivity contribution is 14.0. The molecule has 0 aliphatic carbocycles. The van der Waals surface area contributed by atoms with E-state index in [1.165, 1.54) is 18.4 Å². The van der Waals surface area contributed by atoms with Crippen LogP contribution < -0.4 is 15.4 Å². The number of ether oxygens (including phenoxy) is 2. The minimum Gasteiger partial charge on any atom is -0.497 e. The Bertz CT molecular complexity index is 560. The average molecular weight is 504 g/mol. The van der Waals surface area contributed by atoms with E-state index in [0.29, 0.717) is 18.6 Å². The van der Waals surface area contributed by atoms with E-state index in [4.69, 9.17) is 9.47 Å². The van der Waals surface area contributed by atoms with Crippen molar-refractivity contribution in [2.24, 2.45) is 10.9 Å². The number of benzene rings is 1. The van der Waals surface area contributed by atoms with Crippen molar-refractivity contribution in [2.45, 2.75) is 32.7 Å². The lowest BCUT2D eigenvalue weighted by molar-refractivity contribution is 0.114. The maximum Gasteiger partial charge on any atom is 0.191 e. The minimum atomic E-state index is 0. The van der Waals surface area contributed by atoms with Gasteiger partial charge < -0.3 is 20.1 Å². The van der Waals surface area contributed by atoms with Crippen LogP contribution in [0.5, 0.6) is 5.75 Å². The number of aliphatic imine (C=N–C) groups is 1. The van der Waals surface area contributed by atoms with E-state index in [2.05, 4.69) is 46.5 Å². The summed E-state index contributed by atoms with van der Waals surface area (Å²) >= 11 is 0. The molecule has 1 fully saturated rings. The van der Waals surface area contributed by atoms with E-state index in [1.54, 1.807) is 7.11 Å². The summed E-state index contributed by atoms with van der Waals surface area (Å²) in [6.45, 7) is 9.66. The largest absolute Gasteiger partial charge is 0.497 e. The number of hydrogen-bond acceptors (Lipinski definition) is 4. The molecule has 1 atom stereocenters. The Morgan fingerprint density at radius 2 is 1.82 bits per heavy atom. The molecule has 1 aliphatic heterocycles. The summed E-state index contributed by atoms with van der Waals surface area (Å²) in [6, 6.07) is 8.74. The van der Waals surface area contributed by atoms with Gasteiger partial charge in [-0.25, -0.2) is 0 Å². The van der Waals surface area contributed by atoms with Gasteiger partial charge in [-0.1, -0.05) is 26.0 Å². The molecule has 1 aromatic rings. The van der Waals surface area contributed by atoms with Gasteiger partial charge in [0.05, 0.1) is 19.8 Å². The van der Waals surface area contributed by atoms with E-state index in [-0.39, 0.29) is 24.0 Å². The molecule has 1 aromatic carbocycles. The Morgan fingerprint density at radius 1 is 1.14 bits per heavy atom. The summed E-state index contributed by atoms with van der Waals surface area (Å²) < 4.78 is 10.9. The smallest absolute Gasteiger partial charge is 0.191 e. The first-order valence-electron chi connectivity index (χ1n) is 10.0. The van der Waals surface area contributed by atoms with Crippen LogP contribution in [0.2, 0.25) is 0 Å². The van der Waals surface area contributed by atoms with Crippen LogP contribution in [0, 0.1) is 5.92 Å². The monoisotopic (exact) mass is 504 g/mol. The van der Waals surface area contributed by atoms with Gasteiger partial charge in [0.2, 0.25) is 0 Å². The summed E-state index contributed by atoms with van der Waals surface area (Å²) in [4.78, 5) is 6.89. The van der Waals surface area contributed by atoms with Crippen LogP contribution in [-0.2, 0) is 4.74 Å². The molecular weight excluding hydrogens is 467 g/mol. The Balaban J connectivity index is 0.00000392. The Kier molecular flexibility index (Phi) is 12.5. The van der Waals surface area contributed by atoms with Crippen molar-refractivity contribution in [3.63, 3.8) is 0 Å². The number of nitrogens with one attached hydrogen (secondary N) is 2. The highest BCUT2D eigenvalue weighted by atomic mass is 127. The van der Waals surface area contributed by atoms with Gasteiger partial charge >= 0.3 is 0 Å².